The molecule has 0 saturated carbocycles. The first-order valence-corrected chi connectivity index (χ1v) is 7.70. The molecule has 0 aromatic heterocycles. The van der Waals surface area contributed by atoms with E-state index in [1.807, 2.05) is 12.2 Å². The van der Waals surface area contributed by atoms with Crippen molar-refractivity contribution in [3.63, 3.8) is 0 Å². The van der Waals surface area contributed by atoms with Crippen LogP contribution in [0.1, 0.15) is 0 Å². The molecule has 3 heterocycles. The zero-order valence-corrected chi connectivity index (χ0v) is 12.8. The number of rotatable bonds is 3. The normalized spacial score (nSPS) is 32.0. The van der Waals surface area contributed by atoms with Crippen LogP contribution in [-0.2, 0) is 14.3 Å². The molecule has 22 heavy (non-hydrogen) atoms. The molecular weight excluding hydrogens is 327 g/mol. The lowest BCUT2D eigenvalue weighted by molar-refractivity contribution is -0.141. The molecule has 0 aliphatic carbocycles. The molecule has 4 rings (SSSR count). The number of ether oxygens (including phenoxy) is 1. The Morgan fingerprint density at radius 2 is 1.68 bits per heavy atom. The first kappa shape index (κ1) is 14.1. The number of carbonyl (C=O) groups excluding carboxylic acids is 2. The van der Waals surface area contributed by atoms with Crippen molar-refractivity contribution in [2.45, 2.75) is 12.2 Å². The standard InChI is InChI=1S/C15H12Cl2N2O3/c16-8-2-1-7(5-9(8)17)18-6-19-14(20)12-10-3-4-11(22-10)13(12)15(19)21/h1-5,10-13,18H,6H2/t10-,11-,12-,13-/m1/s1. The number of imide groups is 1. The van der Waals surface area contributed by atoms with Gasteiger partial charge in [0, 0.05) is 5.69 Å². The molecule has 1 aromatic rings. The molecule has 0 unspecified atom stereocenters. The van der Waals surface area contributed by atoms with E-state index in [1.165, 1.54) is 4.90 Å². The van der Waals surface area contributed by atoms with E-state index >= 15 is 0 Å². The van der Waals surface area contributed by atoms with E-state index in [0.29, 0.717) is 15.7 Å². The van der Waals surface area contributed by atoms with Crippen molar-refractivity contribution in [1.82, 2.24) is 4.90 Å². The van der Waals surface area contributed by atoms with Gasteiger partial charge in [-0.05, 0) is 18.2 Å². The summed E-state index contributed by atoms with van der Waals surface area (Å²) in [4.78, 5) is 26.1. The van der Waals surface area contributed by atoms with Gasteiger partial charge in [-0.1, -0.05) is 35.4 Å². The molecule has 2 bridgehead atoms. The minimum absolute atomic E-state index is 0.113. The summed E-state index contributed by atoms with van der Waals surface area (Å²) in [5, 5.41) is 3.90. The highest BCUT2D eigenvalue weighted by atomic mass is 35.5. The van der Waals surface area contributed by atoms with Crippen molar-refractivity contribution in [2.24, 2.45) is 11.8 Å². The van der Waals surface area contributed by atoms with Gasteiger partial charge in [0.05, 0.1) is 40.8 Å². The first-order valence-electron chi connectivity index (χ1n) is 6.94. The number of anilines is 1. The van der Waals surface area contributed by atoms with Crippen molar-refractivity contribution >= 4 is 40.7 Å². The number of fused-ring (bicyclic) bond motifs is 5. The van der Waals surface area contributed by atoms with E-state index in [-0.39, 0.29) is 42.5 Å². The number of halogens is 2. The number of nitrogens with zero attached hydrogens (tertiary/aromatic N) is 1. The summed E-state index contributed by atoms with van der Waals surface area (Å²) in [7, 11) is 0. The molecule has 0 radical (unpaired) electrons. The van der Waals surface area contributed by atoms with Gasteiger partial charge in [0.1, 0.15) is 0 Å². The van der Waals surface area contributed by atoms with Crippen molar-refractivity contribution in [3.8, 4) is 0 Å². The molecule has 2 amide bonds. The number of nitrogens with one attached hydrogen (secondary N) is 1. The maximum Gasteiger partial charge on any atom is 0.237 e. The predicted molar refractivity (Wildman–Crippen MR) is 81.6 cm³/mol. The summed E-state index contributed by atoms with van der Waals surface area (Å²) in [6, 6.07) is 5.06. The fraction of sp³-hybridized carbons (Fsp3) is 0.333. The predicted octanol–water partition coefficient (Wildman–Crippen LogP) is 2.30. The van der Waals surface area contributed by atoms with Gasteiger partial charge in [0.15, 0.2) is 0 Å². The topological polar surface area (TPSA) is 58.6 Å². The second-order valence-corrected chi connectivity index (χ2v) is 6.38. The Kier molecular flexibility index (Phi) is 3.18. The Hall–Kier alpha value is -1.56. The van der Waals surface area contributed by atoms with Crippen molar-refractivity contribution in [3.05, 3.63) is 40.4 Å². The minimum atomic E-state index is -0.377. The summed E-state index contributed by atoms with van der Waals surface area (Å²) >= 11 is 11.8. The zero-order valence-electron chi connectivity index (χ0n) is 11.3. The average molecular weight is 339 g/mol. The van der Waals surface area contributed by atoms with Crippen molar-refractivity contribution < 1.29 is 14.3 Å². The van der Waals surface area contributed by atoms with E-state index in [2.05, 4.69) is 5.32 Å². The van der Waals surface area contributed by atoms with Gasteiger partial charge in [-0.2, -0.15) is 0 Å². The fourth-order valence-electron chi connectivity index (χ4n) is 3.30. The van der Waals surface area contributed by atoms with Crippen LogP contribution in [-0.4, -0.2) is 35.6 Å². The molecule has 0 spiro atoms. The molecule has 2 saturated heterocycles. The molecule has 2 fully saturated rings. The molecule has 4 atom stereocenters. The number of likely N-dealkylation sites (tertiary alicyclic amines) is 1. The number of carbonyl (C=O) groups is 2. The van der Waals surface area contributed by atoms with Crippen LogP contribution in [0.15, 0.2) is 30.4 Å². The van der Waals surface area contributed by atoms with E-state index in [9.17, 15) is 9.59 Å². The Morgan fingerprint density at radius 1 is 1.05 bits per heavy atom. The van der Waals surface area contributed by atoms with E-state index in [0.717, 1.165) is 0 Å². The van der Waals surface area contributed by atoms with Gasteiger partial charge in [0.2, 0.25) is 11.8 Å². The van der Waals surface area contributed by atoms with Crippen LogP contribution in [0, 0.1) is 11.8 Å². The van der Waals surface area contributed by atoms with Gasteiger partial charge in [0.25, 0.3) is 0 Å². The smallest absolute Gasteiger partial charge is 0.237 e. The summed E-state index contributed by atoms with van der Waals surface area (Å²) < 4.78 is 5.59. The fourth-order valence-corrected chi connectivity index (χ4v) is 3.60. The van der Waals surface area contributed by atoms with Crippen molar-refractivity contribution in [2.75, 3.05) is 12.0 Å². The summed E-state index contributed by atoms with van der Waals surface area (Å²) in [6.07, 6.45) is 3.21. The van der Waals surface area contributed by atoms with Gasteiger partial charge < -0.3 is 10.1 Å². The third kappa shape index (κ3) is 1.96. The van der Waals surface area contributed by atoms with Gasteiger partial charge in [-0.3, -0.25) is 14.5 Å². The zero-order chi connectivity index (χ0) is 15.4. The maximum absolute atomic E-state index is 12.4. The third-order valence-corrected chi connectivity index (χ3v) is 5.10. The Balaban J connectivity index is 1.49. The summed E-state index contributed by atoms with van der Waals surface area (Å²) in [5.74, 6) is -1.12. The lowest BCUT2D eigenvalue weighted by Gasteiger charge is -2.18. The monoisotopic (exact) mass is 338 g/mol. The van der Waals surface area contributed by atoms with E-state index < -0.39 is 0 Å². The second-order valence-electron chi connectivity index (χ2n) is 5.57. The number of amides is 2. The van der Waals surface area contributed by atoms with Gasteiger partial charge >= 0.3 is 0 Å². The summed E-state index contributed by atoms with van der Waals surface area (Å²) in [5.41, 5.74) is 0.699. The van der Waals surface area contributed by atoms with E-state index in [1.54, 1.807) is 18.2 Å². The number of hydrogen-bond donors (Lipinski definition) is 1. The molecule has 3 aliphatic rings. The number of benzene rings is 1. The molecule has 5 nitrogen and oxygen atoms in total. The second kappa shape index (κ2) is 4.98. The van der Waals surface area contributed by atoms with Crippen molar-refractivity contribution in [1.29, 1.82) is 0 Å². The van der Waals surface area contributed by atoms with Crippen LogP contribution < -0.4 is 5.32 Å². The summed E-state index contributed by atoms with van der Waals surface area (Å²) in [6.45, 7) is 0.113. The molecule has 7 heteroatoms. The molecule has 1 aromatic carbocycles. The first-order chi connectivity index (χ1) is 10.6. The Labute approximate surface area is 136 Å². The van der Waals surface area contributed by atoms with Crippen LogP contribution >= 0.6 is 23.2 Å². The quantitative estimate of drug-likeness (QED) is 0.678. The highest BCUT2D eigenvalue weighted by Crippen LogP contribution is 2.44. The Bertz CT molecular complexity index is 676. The highest BCUT2D eigenvalue weighted by Gasteiger charge is 2.60. The molecule has 1 N–H and O–H groups in total. The molecular formula is C15H12Cl2N2O3. The highest BCUT2D eigenvalue weighted by molar-refractivity contribution is 6.42. The van der Waals surface area contributed by atoms with Gasteiger partial charge in [-0.25, -0.2) is 0 Å². The minimum Gasteiger partial charge on any atom is -0.367 e. The van der Waals surface area contributed by atoms with Crippen LogP contribution in [0.2, 0.25) is 10.0 Å². The van der Waals surface area contributed by atoms with Crippen LogP contribution in [0.3, 0.4) is 0 Å². The SMILES string of the molecule is O=C1[C@H]2[C@H](C(=O)N1CNc1ccc(Cl)c(Cl)c1)[C@H]1C=C[C@H]2O1. The van der Waals surface area contributed by atoms with Crippen LogP contribution in [0.4, 0.5) is 5.69 Å². The third-order valence-electron chi connectivity index (χ3n) is 4.36. The van der Waals surface area contributed by atoms with Crippen LogP contribution in [0.25, 0.3) is 0 Å². The number of hydrogen-bond acceptors (Lipinski definition) is 4. The van der Waals surface area contributed by atoms with Crippen LogP contribution in [0.5, 0.6) is 0 Å². The maximum atomic E-state index is 12.4. The lowest BCUT2D eigenvalue weighted by Crippen LogP contribution is -2.38. The van der Waals surface area contributed by atoms with Gasteiger partial charge in [-0.15, -0.1) is 0 Å². The molecule has 3 aliphatic heterocycles. The largest absolute Gasteiger partial charge is 0.367 e. The Morgan fingerprint density at radius 3 is 2.27 bits per heavy atom. The molecule has 114 valence electrons. The van der Waals surface area contributed by atoms with E-state index in [4.69, 9.17) is 27.9 Å². The average Bonchev–Trinajstić information content (AvgIpc) is 3.16. The lowest BCUT2D eigenvalue weighted by atomic mass is 9.85.